The number of nitrogens with one attached hydrogen (secondary N) is 1. The van der Waals surface area contributed by atoms with Crippen LogP contribution in [0.25, 0.3) is 0 Å². The highest BCUT2D eigenvalue weighted by atomic mass is 35.5. The molecule has 3 heteroatoms. The highest BCUT2D eigenvalue weighted by Crippen LogP contribution is 2.22. The lowest BCUT2D eigenvalue weighted by atomic mass is 10.1. The third kappa shape index (κ3) is 4.08. The van der Waals surface area contributed by atoms with Crippen molar-refractivity contribution in [3.8, 4) is 0 Å². The molecule has 1 N–H and O–H groups in total. The summed E-state index contributed by atoms with van der Waals surface area (Å²) in [4.78, 5) is 0. The minimum Gasteiger partial charge on any atom is -0.384 e. The van der Waals surface area contributed by atoms with Gasteiger partial charge in [0.1, 0.15) is 5.82 Å². The molecule has 1 aromatic rings. The Morgan fingerprint density at radius 1 is 1.47 bits per heavy atom. The number of anilines is 1. The topological polar surface area (TPSA) is 12.0 Å². The Hall–Kier alpha value is -0.760. The first-order valence-electron chi connectivity index (χ1n) is 5.32. The molecule has 0 saturated heterocycles. The summed E-state index contributed by atoms with van der Waals surface area (Å²) in [6.07, 6.45) is 2.37. The minimum atomic E-state index is -0.299. The highest BCUT2D eigenvalue weighted by molar-refractivity contribution is 6.33. The van der Waals surface area contributed by atoms with E-state index < -0.39 is 0 Å². The van der Waals surface area contributed by atoms with Gasteiger partial charge in [0, 0.05) is 6.54 Å². The van der Waals surface area contributed by atoms with Crippen LogP contribution in [0.2, 0.25) is 5.02 Å². The van der Waals surface area contributed by atoms with Crippen LogP contribution >= 0.6 is 11.6 Å². The van der Waals surface area contributed by atoms with E-state index in [2.05, 4.69) is 19.2 Å². The van der Waals surface area contributed by atoms with Gasteiger partial charge in [-0.1, -0.05) is 31.9 Å². The van der Waals surface area contributed by atoms with Gasteiger partial charge in [-0.3, -0.25) is 0 Å². The zero-order chi connectivity index (χ0) is 11.3. The maximum atomic E-state index is 12.8. The fourth-order valence-electron chi connectivity index (χ4n) is 1.51. The van der Waals surface area contributed by atoms with Crippen molar-refractivity contribution in [1.29, 1.82) is 0 Å². The van der Waals surface area contributed by atoms with Crippen molar-refractivity contribution in [2.75, 3.05) is 11.9 Å². The monoisotopic (exact) mass is 229 g/mol. The van der Waals surface area contributed by atoms with Crippen LogP contribution in [0.1, 0.15) is 26.7 Å². The molecule has 0 saturated carbocycles. The molecule has 0 aliphatic heterocycles. The molecule has 1 rings (SSSR count). The van der Waals surface area contributed by atoms with Gasteiger partial charge < -0.3 is 5.32 Å². The van der Waals surface area contributed by atoms with Crippen molar-refractivity contribution >= 4 is 17.3 Å². The molecular weight excluding hydrogens is 213 g/mol. The lowest BCUT2D eigenvalue weighted by molar-refractivity contribution is 0.550. The zero-order valence-electron chi connectivity index (χ0n) is 9.19. The molecule has 0 bridgehead atoms. The summed E-state index contributed by atoms with van der Waals surface area (Å²) in [7, 11) is 0. The largest absolute Gasteiger partial charge is 0.384 e. The summed E-state index contributed by atoms with van der Waals surface area (Å²) in [5.41, 5.74) is 0.806. The molecule has 0 fully saturated rings. The number of hydrogen-bond acceptors (Lipinski definition) is 1. The van der Waals surface area contributed by atoms with Crippen LogP contribution in [-0.4, -0.2) is 6.54 Å². The first kappa shape index (κ1) is 12.3. The predicted molar refractivity (Wildman–Crippen MR) is 64.0 cm³/mol. The maximum Gasteiger partial charge on any atom is 0.124 e. The van der Waals surface area contributed by atoms with E-state index in [0.717, 1.165) is 12.2 Å². The van der Waals surface area contributed by atoms with Crippen LogP contribution in [0.4, 0.5) is 10.1 Å². The predicted octanol–water partition coefficient (Wildman–Crippen LogP) is 4.33. The Bertz CT molecular complexity index is 314. The summed E-state index contributed by atoms with van der Waals surface area (Å²) in [5.74, 6) is 0.309. The van der Waals surface area contributed by atoms with Gasteiger partial charge in [0.25, 0.3) is 0 Å². The maximum absolute atomic E-state index is 12.8. The van der Waals surface area contributed by atoms with E-state index in [4.69, 9.17) is 11.6 Å². The quantitative estimate of drug-likeness (QED) is 0.793. The van der Waals surface area contributed by atoms with Crippen molar-refractivity contribution in [2.24, 2.45) is 5.92 Å². The molecule has 0 aromatic heterocycles. The van der Waals surface area contributed by atoms with Gasteiger partial charge in [0.05, 0.1) is 10.7 Å². The van der Waals surface area contributed by atoms with Crippen LogP contribution in [0.5, 0.6) is 0 Å². The molecule has 15 heavy (non-hydrogen) atoms. The van der Waals surface area contributed by atoms with Crippen LogP contribution in [0, 0.1) is 11.7 Å². The molecular formula is C12H17ClFN. The third-order valence-electron chi connectivity index (χ3n) is 2.35. The number of hydrogen-bond donors (Lipinski definition) is 1. The highest BCUT2D eigenvalue weighted by Gasteiger charge is 2.04. The molecule has 1 unspecified atom stereocenters. The molecule has 0 radical (unpaired) electrons. The Labute approximate surface area is 95.6 Å². The molecule has 0 amide bonds. The molecule has 0 spiro atoms. The van der Waals surface area contributed by atoms with Crippen LogP contribution in [-0.2, 0) is 0 Å². The Kier molecular flexibility index (Phi) is 4.89. The SMILES string of the molecule is CCCC(C)CNc1ccc(F)cc1Cl. The molecule has 0 aliphatic rings. The molecule has 0 heterocycles. The lowest BCUT2D eigenvalue weighted by Gasteiger charge is -2.13. The second-order valence-electron chi connectivity index (χ2n) is 3.90. The first-order chi connectivity index (χ1) is 7.13. The standard InChI is InChI=1S/C12H17ClFN/c1-3-4-9(2)8-15-12-6-5-10(14)7-11(12)13/h5-7,9,15H,3-4,8H2,1-2H3. The van der Waals surface area contributed by atoms with E-state index in [1.165, 1.54) is 25.0 Å². The lowest BCUT2D eigenvalue weighted by Crippen LogP contribution is -2.11. The van der Waals surface area contributed by atoms with E-state index in [9.17, 15) is 4.39 Å². The van der Waals surface area contributed by atoms with Crippen LogP contribution in [0.15, 0.2) is 18.2 Å². The molecule has 0 aliphatic carbocycles. The van der Waals surface area contributed by atoms with E-state index in [-0.39, 0.29) is 5.82 Å². The average molecular weight is 230 g/mol. The van der Waals surface area contributed by atoms with Crippen molar-refractivity contribution < 1.29 is 4.39 Å². The van der Waals surface area contributed by atoms with Gasteiger partial charge >= 0.3 is 0 Å². The average Bonchev–Trinajstić information content (AvgIpc) is 2.17. The van der Waals surface area contributed by atoms with Crippen molar-refractivity contribution in [1.82, 2.24) is 0 Å². The molecule has 84 valence electrons. The number of benzene rings is 1. The third-order valence-corrected chi connectivity index (χ3v) is 2.67. The minimum absolute atomic E-state index is 0.299. The van der Waals surface area contributed by atoms with E-state index in [0.29, 0.717) is 10.9 Å². The summed E-state index contributed by atoms with van der Waals surface area (Å²) in [6, 6.07) is 4.42. The smallest absolute Gasteiger partial charge is 0.124 e. The van der Waals surface area contributed by atoms with Gasteiger partial charge in [-0.25, -0.2) is 4.39 Å². The summed E-state index contributed by atoms with van der Waals surface area (Å²) >= 11 is 5.89. The normalized spacial score (nSPS) is 12.5. The second-order valence-corrected chi connectivity index (χ2v) is 4.31. The van der Waals surface area contributed by atoms with Gasteiger partial charge in [-0.15, -0.1) is 0 Å². The summed E-state index contributed by atoms with van der Waals surface area (Å²) < 4.78 is 12.8. The Morgan fingerprint density at radius 3 is 2.80 bits per heavy atom. The fourth-order valence-corrected chi connectivity index (χ4v) is 1.75. The van der Waals surface area contributed by atoms with E-state index >= 15 is 0 Å². The molecule has 1 nitrogen and oxygen atoms in total. The van der Waals surface area contributed by atoms with Crippen LogP contribution < -0.4 is 5.32 Å². The second kappa shape index (κ2) is 5.96. The number of rotatable bonds is 5. The van der Waals surface area contributed by atoms with Gasteiger partial charge in [0.15, 0.2) is 0 Å². The van der Waals surface area contributed by atoms with E-state index in [1.54, 1.807) is 6.07 Å². The first-order valence-corrected chi connectivity index (χ1v) is 5.70. The fraction of sp³-hybridized carbons (Fsp3) is 0.500. The van der Waals surface area contributed by atoms with Crippen molar-refractivity contribution in [3.63, 3.8) is 0 Å². The Balaban J connectivity index is 2.50. The van der Waals surface area contributed by atoms with Gasteiger partial charge in [-0.2, -0.15) is 0 Å². The molecule has 1 atom stereocenters. The van der Waals surface area contributed by atoms with Crippen LogP contribution in [0.3, 0.4) is 0 Å². The van der Waals surface area contributed by atoms with Crippen molar-refractivity contribution in [3.05, 3.63) is 29.0 Å². The summed E-state index contributed by atoms with van der Waals surface area (Å²) in [5, 5.41) is 3.67. The van der Waals surface area contributed by atoms with E-state index in [1.807, 2.05) is 0 Å². The molecule has 1 aromatic carbocycles. The number of halogens is 2. The Morgan fingerprint density at radius 2 is 2.20 bits per heavy atom. The van der Waals surface area contributed by atoms with Gasteiger partial charge in [0.2, 0.25) is 0 Å². The van der Waals surface area contributed by atoms with Gasteiger partial charge in [-0.05, 0) is 30.5 Å². The summed E-state index contributed by atoms with van der Waals surface area (Å²) in [6.45, 7) is 5.23. The van der Waals surface area contributed by atoms with Crippen molar-refractivity contribution in [2.45, 2.75) is 26.7 Å². The zero-order valence-corrected chi connectivity index (χ0v) is 9.94.